The third-order valence-corrected chi connectivity index (χ3v) is 3.63. The molecule has 0 aromatic heterocycles. The van der Waals surface area contributed by atoms with Gasteiger partial charge in [-0.25, -0.2) is 0 Å². The molecule has 0 aliphatic rings. The number of para-hydroxylation sites is 2. The molecule has 1 N–H and O–H groups in total. The van der Waals surface area contributed by atoms with Gasteiger partial charge in [-0.15, -0.1) is 0 Å². The fraction of sp³-hybridized carbons (Fsp3) is 0.429. The van der Waals surface area contributed by atoms with E-state index in [-0.39, 0.29) is 0 Å². The molecule has 0 unspecified atom stereocenters. The smallest absolute Gasteiger partial charge is 0.142 e. The third-order valence-electron chi connectivity index (χ3n) is 3.63. The van der Waals surface area contributed by atoms with Gasteiger partial charge in [0.05, 0.1) is 18.9 Å². The number of benzene rings is 2. The Balaban J connectivity index is 1.88. The summed E-state index contributed by atoms with van der Waals surface area (Å²) in [6, 6.07) is 16.4. The quantitative estimate of drug-likeness (QED) is 0.583. The van der Waals surface area contributed by atoms with Crippen LogP contribution in [0.15, 0.2) is 48.5 Å². The molecule has 2 aromatic rings. The average molecular weight is 327 g/mol. The van der Waals surface area contributed by atoms with Gasteiger partial charge in [-0.1, -0.05) is 51.5 Å². The summed E-state index contributed by atoms with van der Waals surface area (Å²) >= 11 is 0. The second-order valence-electron chi connectivity index (χ2n) is 6.40. The van der Waals surface area contributed by atoms with Crippen molar-refractivity contribution in [2.75, 3.05) is 18.5 Å². The van der Waals surface area contributed by atoms with Crippen LogP contribution in [0.4, 0.5) is 5.69 Å². The minimum Gasteiger partial charge on any atom is -0.493 e. The fourth-order valence-electron chi connectivity index (χ4n) is 2.23. The molecule has 0 saturated carbocycles. The Kier molecular flexibility index (Phi) is 7.47. The van der Waals surface area contributed by atoms with Crippen LogP contribution in [0.1, 0.15) is 39.2 Å². The van der Waals surface area contributed by atoms with Crippen molar-refractivity contribution in [3.05, 3.63) is 54.1 Å². The maximum absolute atomic E-state index is 5.86. The molecule has 0 radical (unpaired) electrons. The van der Waals surface area contributed by atoms with E-state index in [1.165, 1.54) is 5.56 Å². The molecule has 2 aromatic carbocycles. The lowest BCUT2D eigenvalue weighted by molar-refractivity contribution is 0.271. The number of anilines is 1. The first-order chi connectivity index (χ1) is 11.7. The molecular formula is C21H29NO2. The van der Waals surface area contributed by atoms with Gasteiger partial charge in [-0.05, 0) is 42.2 Å². The largest absolute Gasteiger partial charge is 0.493 e. The molecule has 0 fully saturated rings. The van der Waals surface area contributed by atoms with E-state index in [4.69, 9.17) is 9.47 Å². The van der Waals surface area contributed by atoms with E-state index in [0.29, 0.717) is 5.92 Å². The lowest BCUT2D eigenvalue weighted by Gasteiger charge is -2.13. The van der Waals surface area contributed by atoms with Crippen molar-refractivity contribution in [2.45, 2.75) is 40.2 Å². The lowest BCUT2D eigenvalue weighted by Crippen LogP contribution is -2.05. The molecule has 0 saturated heterocycles. The van der Waals surface area contributed by atoms with Crippen molar-refractivity contribution in [3.63, 3.8) is 0 Å². The zero-order valence-electron chi connectivity index (χ0n) is 15.0. The highest BCUT2D eigenvalue weighted by atomic mass is 16.5. The van der Waals surface area contributed by atoms with Crippen LogP contribution in [-0.2, 0) is 6.54 Å². The molecule has 0 atom stereocenters. The number of hydrogen-bond acceptors (Lipinski definition) is 3. The summed E-state index contributed by atoms with van der Waals surface area (Å²) in [4.78, 5) is 0. The number of hydrogen-bond donors (Lipinski definition) is 1. The van der Waals surface area contributed by atoms with Crippen LogP contribution in [0.5, 0.6) is 11.5 Å². The van der Waals surface area contributed by atoms with Gasteiger partial charge in [0, 0.05) is 6.54 Å². The van der Waals surface area contributed by atoms with Crippen molar-refractivity contribution >= 4 is 5.69 Å². The van der Waals surface area contributed by atoms with Crippen LogP contribution < -0.4 is 14.8 Å². The first-order valence-corrected chi connectivity index (χ1v) is 8.86. The van der Waals surface area contributed by atoms with E-state index in [0.717, 1.165) is 49.8 Å². The summed E-state index contributed by atoms with van der Waals surface area (Å²) in [6.07, 6.45) is 2.22. The van der Waals surface area contributed by atoms with E-state index < -0.39 is 0 Å². The van der Waals surface area contributed by atoms with Gasteiger partial charge >= 0.3 is 0 Å². The molecule has 3 heteroatoms. The van der Waals surface area contributed by atoms with E-state index in [1.54, 1.807) is 0 Å². The first kappa shape index (κ1) is 18.2. The first-order valence-electron chi connectivity index (χ1n) is 8.86. The van der Waals surface area contributed by atoms with Crippen LogP contribution in [0.25, 0.3) is 0 Å². The summed E-state index contributed by atoms with van der Waals surface area (Å²) in [6.45, 7) is 8.74. The van der Waals surface area contributed by atoms with Crippen molar-refractivity contribution in [3.8, 4) is 11.5 Å². The second kappa shape index (κ2) is 9.86. The topological polar surface area (TPSA) is 30.5 Å². The number of ether oxygens (including phenoxy) is 2. The van der Waals surface area contributed by atoms with Crippen molar-refractivity contribution < 1.29 is 9.47 Å². The highest BCUT2D eigenvalue weighted by Gasteiger charge is 2.03. The average Bonchev–Trinajstić information content (AvgIpc) is 2.60. The van der Waals surface area contributed by atoms with Crippen LogP contribution in [0.3, 0.4) is 0 Å². The van der Waals surface area contributed by atoms with Gasteiger partial charge in [0.15, 0.2) is 0 Å². The molecule has 0 heterocycles. The summed E-state index contributed by atoms with van der Waals surface area (Å²) in [7, 11) is 0. The Labute approximate surface area is 146 Å². The number of nitrogens with one attached hydrogen (secondary N) is 1. The van der Waals surface area contributed by atoms with Gasteiger partial charge in [0.1, 0.15) is 11.5 Å². The molecule has 0 aliphatic carbocycles. The maximum atomic E-state index is 5.86. The van der Waals surface area contributed by atoms with Crippen molar-refractivity contribution in [2.24, 2.45) is 5.92 Å². The Morgan fingerprint density at radius 2 is 1.71 bits per heavy atom. The molecule has 3 nitrogen and oxygen atoms in total. The van der Waals surface area contributed by atoms with Gasteiger partial charge in [0.25, 0.3) is 0 Å². The highest BCUT2D eigenvalue weighted by molar-refractivity contribution is 5.56. The summed E-state index contributed by atoms with van der Waals surface area (Å²) in [5.41, 5.74) is 2.25. The van der Waals surface area contributed by atoms with Crippen LogP contribution in [-0.4, -0.2) is 13.2 Å². The molecule has 24 heavy (non-hydrogen) atoms. The predicted molar refractivity (Wildman–Crippen MR) is 101 cm³/mol. The molecule has 0 bridgehead atoms. The van der Waals surface area contributed by atoms with E-state index >= 15 is 0 Å². The zero-order valence-corrected chi connectivity index (χ0v) is 15.0. The molecule has 0 amide bonds. The van der Waals surface area contributed by atoms with E-state index in [2.05, 4.69) is 44.3 Å². The van der Waals surface area contributed by atoms with Gasteiger partial charge in [0.2, 0.25) is 0 Å². The van der Waals surface area contributed by atoms with Gasteiger partial charge in [-0.2, -0.15) is 0 Å². The zero-order chi connectivity index (χ0) is 17.2. The SMILES string of the molecule is CCCCOc1ccccc1NCc1ccc(OCC(C)C)cc1. The molecular weight excluding hydrogens is 298 g/mol. The Hall–Kier alpha value is -2.16. The summed E-state index contributed by atoms with van der Waals surface area (Å²) < 4.78 is 11.6. The Morgan fingerprint density at radius 1 is 0.958 bits per heavy atom. The number of unbranched alkanes of at least 4 members (excludes halogenated alkanes) is 1. The van der Waals surface area contributed by atoms with Crippen LogP contribution in [0.2, 0.25) is 0 Å². The molecule has 0 aliphatic heterocycles. The van der Waals surface area contributed by atoms with Crippen LogP contribution >= 0.6 is 0 Å². The van der Waals surface area contributed by atoms with Gasteiger partial charge in [-0.3, -0.25) is 0 Å². The summed E-state index contributed by atoms with van der Waals surface area (Å²) in [5, 5.41) is 3.46. The van der Waals surface area contributed by atoms with Gasteiger partial charge < -0.3 is 14.8 Å². The minimum atomic E-state index is 0.538. The summed E-state index contributed by atoms with van der Waals surface area (Å²) in [5.74, 6) is 2.38. The highest BCUT2D eigenvalue weighted by Crippen LogP contribution is 2.25. The second-order valence-corrected chi connectivity index (χ2v) is 6.40. The van der Waals surface area contributed by atoms with Crippen LogP contribution in [0, 0.1) is 5.92 Å². The van der Waals surface area contributed by atoms with E-state index in [9.17, 15) is 0 Å². The Morgan fingerprint density at radius 3 is 2.42 bits per heavy atom. The Bertz CT molecular complexity index is 593. The lowest BCUT2D eigenvalue weighted by atomic mass is 10.2. The normalized spacial score (nSPS) is 10.7. The maximum Gasteiger partial charge on any atom is 0.142 e. The molecule has 130 valence electrons. The molecule has 0 spiro atoms. The van der Waals surface area contributed by atoms with Crippen molar-refractivity contribution in [1.29, 1.82) is 0 Å². The van der Waals surface area contributed by atoms with E-state index in [1.807, 2.05) is 30.3 Å². The third kappa shape index (κ3) is 6.15. The monoisotopic (exact) mass is 327 g/mol. The molecule has 2 rings (SSSR count). The van der Waals surface area contributed by atoms with Crippen molar-refractivity contribution in [1.82, 2.24) is 0 Å². The minimum absolute atomic E-state index is 0.538. The fourth-order valence-corrected chi connectivity index (χ4v) is 2.23. The predicted octanol–water partition coefficient (Wildman–Crippen LogP) is 5.51. The number of rotatable bonds is 10. The standard InChI is InChI=1S/C21H29NO2/c1-4-5-14-23-21-9-7-6-8-20(21)22-15-18-10-12-19(13-11-18)24-16-17(2)3/h6-13,17,22H,4-5,14-16H2,1-3H3.